The minimum Gasteiger partial charge on any atom is -0.338 e. The lowest BCUT2D eigenvalue weighted by Gasteiger charge is -2.34. The fourth-order valence-corrected chi connectivity index (χ4v) is 5.44. The zero-order chi connectivity index (χ0) is 17.2. The summed E-state index contributed by atoms with van der Waals surface area (Å²) in [7, 11) is 0. The molecule has 0 bridgehead atoms. The Morgan fingerprint density at radius 1 is 0.960 bits per heavy atom. The molecule has 0 radical (unpaired) electrons. The summed E-state index contributed by atoms with van der Waals surface area (Å²) in [6.45, 7) is 5.05. The van der Waals surface area contributed by atoms with Crippen molar-refractivity contribution in [3.8, 4) is 0 Å². The highest BCUT2D eigenvalue weighted by atomic mass is 16.2. The van der Waals surface area contributed by atoms with Crippen molar-refractivity contribution in [1.82, 2.24) is 20.0 Å². The molecule has 3 saturated heterocycles. The molecule has 1 saturated carbocycles. The molecule has 1 N–H and O–H groups in total. The van der Waals surface area contributed by atoms with E-state index in [1.54, 1.807) is 0 Å². The van der Waals surface area contributed by atoms with E-state index in [0.717, 1.165) is 58.0 Å². The van der Waals surface area contributed by atoms with Crippen LogP contribution in [-0.2, 0) is 4.79 Å². The van der Waals surface area contributed by atoms with Crippen molar-refractivity contribution in [2.45, 2.75) is 63.5 Å². The van der Waals surface area contributed by atoms with E-state index in [1.807, 2.05) is 4.90 Å². The third-order valence-corrected chi connectivity index (χ3v) is 6.78. The Labute approximate surface area is 150 Å². The number of carbonyl (C=O) groups excluding carboxylic acids is 2. The van der Waals surface area contributed by atoms with Gasteiger partial charge in [-0.15, -0.1) is 0 Å². The number of hydrogen-bond acceptors (Lipinski definition) is 3. The van der Waals surface area contributed by atoms with Crippen LogP contribution in [0.25, 0.3) is 0 Å². The van der Waals surface area contributed by atoms with Crippen LogP contribution < -0.4 is 5.32 Å². The van der Waals surface area contributed by atoms with Crippen LogP contribution in [0.2, 0.25) is 0 Å². The maximum absolute atomic E-state index is 13.3. The minimum absolute atomic E-state index is 0.0444. The van der Waals surface area contributed by atoms with Gasteiger partial charge in [0.15, 0.2) is 0 Å². The first-order chi connectivity index (χ1) is 12.2. The molecule has 6 heteroatoms. The molecular weight excluding hydrogens is 316 g/mol. The summed E-state index contributed by atoms with van der Waals surface area (Å²) in [5.74, 6) is 1.12. The second kappa shape index (κ2) is 7.52. The van der Waals surface area contributed by atoms with Gasteiger partial charge >= 0.3 is 6.03 Å². The van der Waals surface area contributed by atoms with Crippen molar-refractivity contribution >= 4 is 11.9 Å². The molecule has 0 unspecified atom stereocenters. The van der Waals surface area contributed by atoms with E-state index in [-0.39, 0.29) is 12.1 Å². The molecule has 3 aliphatic heterocycles. The fraction of sp³-hybridized carbons (Fsp3) is 0.895. The number of hydrogen-bond donors (Lipinski definition) is 1. The fourth-order valence-electron chi connectivity index (χ4n) is 5.44. The van der Waals surface area contributed by atoms with E-state index >= 15 is 0 Å². The molecule has 0 aromatic heterocycles. The monoisotopic (exact) mass is 348 g/mol. The van der Waals surface area contributed by atoms with Crippen LogP contribution >= 0.6 is 0 Å². The van der Waals surface area contributed by atoms with Crippen LogP contribution in [0.1, 0.15) is 51.4 Å². The van der Waals surface area contributed by atoms with Gasteiger partial charge in [0.2, 0.25) is 5.91 Å². The number of rotatable bonds is 5. The van der Waals surface area contributed by atoms with Gasteiger partial charge in [-0.1, -0.05) is 12.8 Å². The zero-order valence-electron chi connectivity index (χ0n) is 15.3. The topological polar surface area (TPSA) is 55.9 Å². The highest BCUT2D eigenvalue weighted by Gasteiger charge is 2.41. The van der Waals surface area contributed by atoms with E-state index in [1.165, 1.54) is 38.5 Å². The number of carbonyl (C=O) groups is 2. The zero-order valence-corrected chi connectivity index (χ0v) is 15.3. The standard InChI is InChI=1S/C19H32N4O2/c24-18(23-11-4-7-16(23)15-5-1-2-6-15)17-8-3-10-21(17)13-14-22-12-9-20-19(22)25/h15-17H,1-14H2,(H,20,25)/t16-,17+/m1/s1. The van der Waals surface area contributed by atoms with Crippen LogP contribution in [0, 0.1) is 5.92 Å². The normalized spacial score (nSPS) is 31.3. The summed E-state index contributed by atoms with van der Waals surface area (Å²) in [5, 5.41) is 2.85. The van der Waals surface area contributed by atoms with Gasteiger partial charge in [0, 0.05) is 38.8 Å². The van der Waals surface area contributed by atoms with Gasteiger partial charge in [0.25, 0.3) is 0 Å². The maximum atomic E-state index is 13.3. The van der Waals surface area contributed by atoms with Gasteiger partial charge in [-0.05, 0) is 51.0 Å². The molecule has 6 nitrogen and oxygen atoms in total. The summed E-state index contributed by atoms with van der Waals surface area (Å²) in [4.78, 5) is 31.4. The van der Waals surface area contributed by atoms with Crippen LogP contribution in [0.15, 0.2) is 0 Å². The summed E-state index contributed by atoms with van der Waals surface area (Å²) >= 11 is 0. The molecule has 0 spiro atoms. The van der Waals surface area contributed by atoms with E-state index in [2.05, 4.69) is 15.1 Å². The average molecular weight is 348 g/mol. The van der Waals surface area contributed by atoms with Crippen molar-refractivity contribution < 1.29 is 9.59 Å². The van der Waals surface area contributed by atoms with E-state index in [9.17, 15) is 9.59 Å². The van der Waals surface area contributed by atoms with E-state index in [0.29, 0.717) is 11.9 Å². The van der Waals surface area contributed by atoms with Gasteiger partial charge < -0.3 is 15.1 Å². The van der Waals surface area contributed by atoms with Crippen molar-refractivity contribution in [2.75, 3.05) is 39.3 Å². The van der Waals surface area contributed by atoms with Gasteiger partial charge in [-0.2, -0.15) is 0 Å². The van der Waals surface area contributed by atoms with Crippen molar-refractivity contribution in [3.05, 3.63) is 0 Å². The average Bonchev–Trinajstić information content (AvgIpc) is 3.37. The number of amides is 3. The number of nitrogens with one attached hydrogen (secondary N) is 1. The van der Waals surface area contributed by atoms with Crippen LogP contribution in [-0.4, -0.2) is 78.0 Å². The van der Waals surface area contributed by atoms with Crippen LogP contribution in [0.5, 0.6) is 0 Å². The van der Waals surface area contributed by atoms with Crippen molar-refractivity contribution in [1.29, 1.82) is 0 Å². The lowest BCUT2D eigenvalue weighted by atomic mass is 9.95. The molecule has 140 valence electrons. The summed E-state index contributed by atoms with van der Waals surface area (Å²) in [5.41, 5.74) is 0. The molecule has 3 heterocycles. The summed E-state index contributed by atoms with van der Waals surface area (Å²) in [6, 6.07) is 0.595. The molecule has 1 aliphatic carbocycles. The van der Waals surface area contributed by atoms with Gasteiger partial charge in [-0.25, -0.2) is 4.79 Å². The summed E-state index contributed by atoms with van der Waals surface area (Å²) in [6.07, 6.45) is 9.78. The molecule has 0 aromatic carbocycles. The molecule has 2 atom stereocenters. The maximum Gasteiger partial charge on any atom is 0.317 e. The Bertz CT molecular complexity index is 506. The molecule has 0 aromatic rings. The lowest BCUT2D eigenvalue weighted by molar-refractivity contribution is -0.137. The predicted octanol–water partition coefficient (Wildman–Crippen LogP) is 1.66. The quantitative estimate of drug-likeness (QED) is 0.822. The highest BCUT2D eigenvalue weighted by molar-refractivity contribution is 5.83. The van der Waals surface area contributed by atoms with Crippen LogP contribution in [0.4, 0.5) is 4.79 Å². The van der Waals surface area contributed by atoms with Gasteiger partial charge in [0.1, 0.15) is 0 Å². The highest BCUT2D eigenvalue weighted by Crippen LogP contribution is 2.36. The van der Waals surface area contributed by atoms with E-state index in [4.69, 9.17) is 0 Å². The van der Waals surface area contributed by atoms with Crippen LogP contribution in [0.3, 0.4) is 0 Å². The first-order valence-electron chi connectivity index (χ1n) is 10.3. The molecule has 3 amide bonds. The van der Waals surface area contributed by atoms with Gasteiger partial charge in [-0.3, -0.25) is 9.69 Å². The Morgan fingerprint density at radius 3 is 2.52 bits per heavy atom. The van der Waals surface area contributed by atoms with Gasteiger partial charge in [0.05, 0.1) is 6.04 Å². The first kappa shape index (κ1) is 17.1. The third kappa shape index (κ3) is 3.50. The Hall–Kier alpha value is -1.30. The first-order valence-corrected chi connectivity index (χ1v) is 10.3. The molecule has 25 heavy (non-hydrogen) atoms. The minimum atomic E-state index is 0.0444. The van der Waals surface area contributed by atoms with Crippen molar-refractivity contribution in [2.24, 2.45) is 5.92 Å². The third-order valence-electron chi connectivity index (χ3n) is 6.78. The second-order valence-electron chi connectivity index (χ2n) is 8.20. The molecule has 4 aliphatic rings. The van der Waals surface area contributed by atoms with E-state index < -0.39 is 0 Å². The number of likely N-dealkylation sites (tertiary alicyclic amines) is 2. The smallest absolute Gasteiger partial charge is 0.317 e. The lowest BCUT2D eigenvalue weighted by Crippen LogP contribution is -2.50. The Balaban J connectivity index is 1.35. The SMILES string of the molecule is O=C1NCCN1CCN1CCC[C@H]1C(=O)N1CCC[C@@H]1C1CCCC1. The molecular formula is C19H32N4O2. The Kier molecular flexibility index (Phi) is 5.15. The predicted molar refractivity (Wildman–Crippen MR) is 96.3 cm³/mol. The number of urea groups is 1. The number of nitrogens with zero attached hydrogens (tertiary/aromatic N) is 3. The molecule has 4 rings (SSSR count). The second-order valence-corrected chi connectivity index (χ2v) is 8.20. The summed E-state index contributed by atoms with van der Waals surface area (Å²) < 4.78 is 0. The van der Waals surface area contributed by atoms with Crippen molar-refractivity contribution in [3.63, 3.8) is 0 Å². The molecule has 4 fully saturated rings. The Morgan fingerprint density at radius 2 is 1.76 bits per heavy atom. The largest absolute Gasteiger partial charge is 0.338 e.